The van der Waals surface area contributed by atoms with Crippen LogP contribution < -0.4 is 15.0 Å². The molecule has 1 atom stereocenters. The van der Waals surface area contributed by atoms with Crippen LogP contribution in [0.2, 0.25) is 0 Å². The van der Waals surface area contributed by atoms with Crippen molar-refractivity contribution >= 4 is 16.7 Å². The lowest BCUT2D eigenvalue weighted by Gasteiger charge is -2.29. The van der Waals surface area contributed by atoms with Crippen LogP contribution in [0.4, 0.5) is 0 Å². The fraction of sp³-hybridized carbons (Fsp3) is 0.400. The summed E-state index contributed by atoms with van der Waals surface area (Å²) in [6.07, 6.45) is 4.54. The number of Topliss-reactive ketones (excluding diaryl/α,β-unsaturated/α-hetero) is 1. The lowest BCUT2D eigenvalue weighted by Crippen LogP contribution is -2.23. The molecule has 3 aromatic rings. The van der Waals surface area contributed by atoms with E-state index in [4.69, 9.17) is 14.5 Å². The maximum absolute atomic E-state index is 13.4. The van der Waals surface area contributed by atoms with Crippen LogP contribution in [0.15, 0.2) is 23.0 Å². The van der Waals surface area contributed by atoms with E-state index in [1.165, 1.54) is 12.0 Å². The van der Waals surface area contributed by atoms with E-state index in [1.807, 2.05) is 17.6 Å². The number of ether oxygens (including phenoxy) is 2. The second-order valence-electron chi connectivity index (χ2n) is 9.16. The molecule has 6 nitrogen and oxygen atoms in total. The molecular weight excluding hydrogens is 392 g/mol. The predicted molar refractivity (Wildman–Crippen MR) is 115 cm³/mol. The van der Waals surface area contributed by atoms with Crippen molar-refractivity contribution in [1.29, 1.82) is 0 Å². The number of nitrogens with zero attached hydrogens (tertiary/aromatic N) is 2. The maximum atomic E-state index is 13.4. The highest BCUT2D eigenvalue weighted by Gasteiger charge is 2.37. The van der Waals surface area contributed by atoms with Crippen LogP contribution in [0.25, 0.3) is 22.3 Å². The molecule has 0 spiro atoms. The number of pyridine rings is 2. The second kappa shape index (κ2) is 5.96. The Morgan fingerprint density at radius 2 is 1.90 bits per heavy atom. The quantitative estimate of drug-likeness (QED) is 0.495. The molecular formula is C25H22N2O4. The van der Waals surface area contributed by atoms with E-state index in [1.54, 1.807) is 0 Å². The van der Waals surface area contributed by atoms with Gasteiger partial charge in [0.2, 0.25) is 6.79 Å². The first kappa shape index (κ1) is 17.5. The van der Waals surface area contributed by atoms with E-state index in [0.29, 0.717) is 18.0 Å². The highest BCUT2D eigenvalue weighted by atomic mass is 16.7. The first-order chi connectivity index (χ1) is 15.1. The van der Waals surface area contributed by atoms with Crippen LogP contribution >= 0.6 is 0 Å². The van der Waals surface area contributed by atoms with Gasteiger partial charge in [-0.3, -0.25) is 9.59 Å². The normalized spacial score (nSPS) is 20.7. The summed E-state index contributed by atoms with van der Waals surface area (Å²) in [7, 11) is 0. The van der Waals surface area contributed by atoms with E-state index in [0.717, 1.165) is 64.2 Å². The molecule has 2 aliphatic heterocycles. The first-order valence-electron chi connectivity index (χ1n) is 11.2. The van der Waals surface area contributed by atoms with E-state index in [-0.39, 0.29) is 30.5 Å². The topological polar surface area (TPSA) is 70.4 Å². The Morgan fingerprint density at radius 3 is 2.65 bits per heavy atom. The molecule has 0 bridgehead atoms. The predicted octanol–water partition coefficient (Wildman–Crippen LogP) is 4.04. The number of carbonyl (C=O) groups excluding carboxylic acids is 1. The molecule has 0 radical (unpaired) electrons. The van der Waals surface area contributed by atoms with Crippen LogP contribution in [-0.4, -0.2) is 22.1 Å². The molecule has 7 rings (SSSR count). The third-order valence-electron chi connectivity index (χ3n) is 7.65. The molecule has 156 valence electrons. The minimum absolute atomic E-state index is 0.0208. The van der Waals surface area contributed by atoms with Crippen LogP contribution in [-0.2, 0) is 17.8 Å². The van der Waals surface area contributed by atoms with Gasteiger partial charge in [0, 0.05) is 34.9 Å². The zero-order valence-electron chi connectivity index (χ0n) is 17.4. The summed E-state index contributed by atoms with van der Waals surface area (Å²) in [5, 5.41) is 1.11. The largest absolute Gasteiger partial charge is 0.454 e. The zero-order valence-corrected chi connectivity index (χ0v) is 17.4. The molecule has 2 aliphatic carbocycles. The van der Waals surface area contributed by atoms with Gasteiger partial charge >= 0.3 is 0 Å². The fourth-order valence-electron chi connectivity index (χ4n) is 5.88. The summed E-state index contributed by atoms with van der Waals surface area (Å²) < 4.78 is 13.1. The highest BCUT2D eigenvalue weighted by Crippen LogP contribution is 2.48. The van der Waals surface area contributed by atoms with Crippen molar-refractivity contribution in [3.63, 3.8) is 0 Å². The number of carbonyl (C=O) groups is 1. The van der Waals surface area contributed by atoms with Gasteiger partial charge < -0.3 is 14.0 Å². The Balaban J connectivity index is 1.52. The molecule has 4 heterocycles. The molecule has 0 amide bonds. The van der Waals surface area contributed by atoms with Gasteiger partial charge in [-0.25, -0.2) is 4.98 Å². The van der Waals surface area contributed by atoms with Crippen molar-refractivity contribution < 1.29 is 14.3 Å². The van der Waals surface area contributed by atoms with Gasteiger partial charge in [0.1, 0.15) is 5.78 Å². The van der Waals surface area contributed by atoms with E-state index < -0.39 is 0 Å². The molecule has 1 aromatic carbocycles. The van der Waals surface area contributed by atoms with Crippen molar-refractivity contribution in [2.45, 2.75) is 57.4 Å². The Kier molecular flexibility index (Phi) is 3.37. The SMILES string of the molecule is CCC1C(=O)Cc2c1cc1n(c2=O)Cc2c-1nc1cc3c(cc1c2C1CCC1)OCO3. The third-order valence-corrected chi connectivity index (χ3v) is 7.65. The molecule has 1 saturated carbocycles. The van der Waals surface area contributed by atoms with E-state index >= 15 is 0 Å². The van der Waals surface area contributed by atoms with Gasteiger partial charge in [-0.15, -0.1) is 0 Å². The van der Waals surface area contributed by atoms with Gasteiger partial charge in [0.05, 0.1) is 23.4 Å². The number of aromatic nitrogens is 2. The number of benzene rings is 1. The maximum Gasteiger partial charge on any atom is 0.255 e. The highest BCUT2D eigenvalue weighted by molar-refractivity contribution is 5.94. The van der Waals surface area contributed by atoms with Gasteiger partial charge in [0.25, 0.3) is 5.56 Å². The monoisotopic (exact) mass is 414 g/mol. The smallest absolute Gasteiger partial charge is 0.255 e. The van der Waals surface area contributed by atoms with Crippen molar-refractivity contribution in [2.75, 3.05) is 6.79 Å². The molecule has 1 fully saturated rings. The Bertz CT molecular complexity index is 1380. The van der Waals surface area contributed by atoms with Crippen molar-refractivity contribution in [2.24, 2.45) is 0 Å². The molecule has 31 heavy (non-hydrogen) atoms. The number of rotatable bonds is 2. The average Bonchev–Trinajstić information content (AvgIpc) is 3.40. The summed E-state index contributed by atoms with van der Waals surface area (Å²) in [6.45, 7) is 2.78. The van der Waals surface area contributed by atoms with Crippen molar-refractivity contribution in [1.82, 2.24) is 9.55 Å². The first-order valence-corrected chi connectivity index (χ1v) is 11.2. The molecule has 0 saturated heterocycles. The van der Waals surface area contributed by atoms with Crippen molar-refractivity contribution in [3.8, 4) is 22.9 Å². The minimum Gasteiger partial charge on any atom is -0.454 e. The fourth-order valence-corrected chi connectivity index (χ4v) is 5.88. The van der Waals surface area contributed by atoms with Gasteiger partial charge in [0.15, 0.2) is 11.5 Å². The summed E-state index contributed by atoms with van der Waals surface area (Å²) in [5.74, 6) is 1.97. The standard InChI is InChI=1S/C25H22N2O4/c1-2-13-14-6-19-24-17(10-27(19)25(29)15(14)7-20(13)28)23(12-4-3-5-12)16-8-21-22(31-11-30-21)9-18(16)26-24/h6,8-9,12-13H,2-5,7,10-11H2,1H3. The van der Waals surface area contributed by atoms with Gasteiger partial charge in [-0.2, -0.15) is 0 Å². The second-order valence-corrected chi connectivity index (χ2v) is 9.16. The number of hydrogen-bond donors (Lipinski definition) is 0. The zero-order chi connectivity index (χ0) is 20.9. The Hall–Kier alpha value is -3.15. The number of fused-ring (bicyclic) bond motifs is 6. The van der Waals surface area contributed by atoms with Crippen LogP contribution in [0, 0.1) is 0 Å². The Labute approximate surface area is 178 Å². The van der Waals surface area contributed by atoms with Crippen LogP contribution in [0.3, 0.4) is 0 Å². The lowest BCUT2D eigenvalue weighted by molar-refractivity contribution is -0.119. The summed E-state index contributed by atoms with van der Waals surface area (Å²) >= 11 is 0. The number of ketones is 1. The summed E-state index contributed by atoms with van der Waals surface area (Å²) in [6, 6.07) is 6.10. The van der Waals surface area contributed by atoms with Crippen LogP contribution in [0.1, 0.15) is 66.7 Å². The minimum atomic E-state index is -0.168. The number of hydrogen-bond acceptors (Lipinski definition) is 5. The third kappa shape index (κ3) is 2.20. The molecule has 0 N–H and O–H groups in total. The molecule has 1 unspecified atom stereocenters. The van der Waals surface area contributed by atoms with Crippen molar-refractivity contribution in [3.05, 3.63) is 50.8 Å². The van der Waals surface area contributed by atoms with Gasteiger partial charge in [-0.1, -0.05) is 13.3 Å². The summed E-state index contributed by atoms with van der Waals surface area (Å²) in [5.41, 5.74) is 6.68. The molecule has 6 heteroatoms. The van der Waals surface area contributed by atoms with E-state index in [9.17, 15) is 9.59 Å². The Morgan fingerprint density at radius 1 is 1.10 bits per heavy atom. The average molecular weight is 414 g/mol. The molecule has 4 aliphatic rings. The summed E-state index contributed by atoms with van der Waals surface area (Å²) in [4.78, 5) is 30.9. The van der Waals surface area contributed by atoms with Gasteiger partial charge in [-0.05, 0) is 48.4 Å². The lowest BCUT2D eigenvalue weighted by atomic mass is 9.76. The van der Waals surface area contributed by atoms with Crippen LogP contribution in [0.5, 0.6) is 11.5 Å². The molecule has 2 aromatic heterocycles. The van der Waals surface area contributed by atoms with E-state index in [2.05, 4.69) is 12.1 Å².